The molecule has 0 bridgehead atoms. The van der Waals surface area contributed by atoms with Crippen molar-refractivity contribution >= 4 is 6.08 Å². The second-order valence-electron chi connectivity index (χ2n) is 3.30. The molecular weight excluding hydrogens is 190 g/mol. The highest BCUT2D eigenvalue weighted by Gasteiger charge is 2.02. The van der Waals surface area contributed by atoms with E-state index in [0.717, 1.165) is 22.6 Å². The second kappa shape index (κ2) is 5.41. The Labute approximate surface area is 90.5 Å². The minimum absolute atomic E-state index is 0.551. The van der Waals surface area contributed by atoms with Crippen LogP contribution in [0.4, 0.5) is 0 Å². The molecule has 0 fully saturated rings. The van der Waals surface area contributed by atoms with Crippen LogP contribution in [0.1, 0.15) is 12.5 Å². The second-order valence-corrected chi connectivity index (χ2v) is 3.30. The summed E-state index contributed by atoms with van der Waals surface area (Å²) in [7, 11) is 3.28. The third-order valence-corrected chi connectivity index (χ3v) is 2.16. The molecule has 0 aromatic heterocycles. The van der Waals surface area contributed by atoms with Crippen LogP contribution >= 0.6 is 0 Å². The maximum Gasteiger partial charge on any atom is 0.129 e. The molecule has 0 amide bonds. The molecule has 0 saturated heterocycles. The van der Waals surface area contributed by atoms with Gasteiger partial charge in [0.2, 0.25) is 0 Å². The van der Waals surface area contributed by atoms with Crippen molar-refractivity contribution in [3.05, 3.63) is 29.3 Å². The predicted molar refractivity (Wildman–Crippen MR) is 62.3 cm³/mol. The van der Waals surface area contributed by atoms with Crippen LogP contribution in [0.3, 0.4) is 0 Å². The molecule has 2 N–H and O–H groups in total. The Kier molecular flexibility index (Phi) is 4.18. The van der Waals surface area contributed by atoms with Gasteiger partial charge in [0.1, 0.15) is 11.5 Å². The third kappa shape index (κ3) is 2.99. The van der Waals surface area contributed by atoms with E-state index in [2.05, 4.69) is 0 Å². The fourth-order valence-corrected chi connectivity index (χ4v) is 1.26. The summed E-state index contributed by atoms with van der Waals surface area (Å²) in [6, 6.07) is 5.71. The Balaban J connectivity index is 3.08. The van der Waals surface area contributed by atoms with Crippen LogP contribution in [-0.4, -0.2) is 20.8 Å². The molecule has 82 valence electrons. The molecule has 0 saturated carbocycles. The molecule has 0 unspecified atom stereocenters. The Hall–Kier alpha value is -1.48. The molecule has 0 aliphatic rings. The zero-order chi connectivity index (χ0) is 11.3. The van der Waals surface area contributed by atoms with Crippen molar-refractivity contribution in [3.8, 4) is 11.5 Å². The molecule has 0 heterocycles. The molecule has 1 aromatic rings. The highest BCUT2D eigenvalue weighted by atomic mass is 16.5. The van der Waals surface area contributed by atoms with E-state index in [1.807, 2.05) is 31.2 Å². The highest BCUT2D eigenvalue weighted by Crippen LogP contribution is 2.26. The van der Waals surface area contributed by atoms with Crippen molar-refractivity contribution in [3.63, 3.8) is 0 Å². The summed E-state index contributed by atoms with van der Waals surface area (Å²) in [6.07, 6.45) is 2.01. The SMILES string of the molecule is COc1ccc(C=C(C)CN)c(OC)c1. The van der Waals surface area contributed by atoms with Crippen LogP contribution in [0, 0.1) is 0 Å². The van der Waals surface area contributed by atoms with Gasteiger partial charge in [-0.2, -0.15) is 0 Å². The van der Waals surface area contributed by atoms with Crippen LogP contribution in [-0.2, 0) is 0 Å². The number of rotatable bonds is 4. The average Bonchev–Trinajstić information content (AvgIpc) is 2.29. The minimum atomic E-state index is 0.551. The van der Waals surface area contributed by atoms with E-state index in [0.29, 0.717) is 6.54 Å². The quantitative estimate of drug-likeness (QED) is 0.822. The minimum Gasteiger partial charge on any atom is -0.497 e. The fraction of sp³-hybridized carbons (Fsp3) is 0.333. The number of ether oxygens (including phenoxy) is 2. The van der Waals surface area contributed by atoms with E-state index in [1.165, 1.54) is 0 Å². The van der Waals surface area contributed by atoms with E-state index >= 15 is 0 Å². The first-order chi connectivity index (χ1) is 7.21. The number of nitrogens with two attached hydrogens (primary N) is 1. The largest absolute Gasteiger partial charge is 0.497 e. The lowest BCUT2D eigenvalue weighted by molar-refractivity contribution is 0.393. The molecule has 0 aliphatic carbocycles. The Morgan fingerprint density at radius 3 is 2.60 bits per heavy atom. The Bertz CT molecular complexity index is 359. The zero-order valence-electron chi connectivity index (χ0n) is 9.41. The van der Waals surface area contributed by atoms with Crippen LogP contribution < -0.4 is 15.2 Å². The molecule has 15 heavy (non-hydrogen) atoms. The van der Waals surface area contributed by atoms with Crippen molar-refractivity contribution in [2.75, 3.05) is 20.8 Å². The standard InChI is InChI=1S/C12H17NO2/c1-9(8-13)6-10-4-5-11(14-2)7-12(10)15-3/h4-7H,8,13H2,1-3H3. The number of benzene rings is 1. The van der Waals surface area contributed by atoms with Crippen molar-refractivity contribution in [2.24, 2.45) is 5.73 Å². The zero-order valence-corrected chi connectivity index (χ0v) is 9.41. The van der Waals surface area contributed by atoms with Crippen LogP contribution in [0.2, 0.25) is 0 Å². The molecule has 0 spiro atoms. The smallest absolute Gasteiger partial charge is 0.129 e. The van der Waals surface area contributed by atoms with E-state index in [-0.39, 0.29) is 0 Å². The summed E-state index contributed by atoms with van der Waals surface area (Å²) in [5.74, 6) is 1.58. The van der Waals surface area contributed by atoms with Gasteiger partial charge in [-0.05, 0) is 19.1 Å². The number of methoxy groups -OCH3 is 2. The van der Waals surface area contributed by atoms with Gasteiger partial charge >= 0.3 is 0 Å². The molecule has 1 aromatic carbocycles. The topological polar surface area (TPSA) is 44.5 Å². The van der Waals surface area contributed by atoms with E-state index in [1.54, 1.807) is 14.2 Å². The lowest BCUT2D eigenvalue weighted by Gasteiger charge is -2.08. The maximum absolute atomic E-state index is 5.53. The third-order valence-electron chi connectivity index (χ3n) is 2.16. The van der Waals surface area contributed by atoms with Gasteiger partial charge in [-0.1, -0.05) is 11.6 Å². The lowest BCUT2D eigenvalue weighted by atomic mass is 10.1. The van der Waals surface area contributed by atoms with Crippen LogP contribution in [0.25, 0.3) is 6.08 Å². The number of hydrogen-bond donors (Lipinski definition) is 1. The number of hydrogen-bond acceptors (Lipinski definition) is 3. The molecule has 3 nitrogen and oxygen atoms in total. The van der Waals surface area contributed by atoms with Gasteiger partial charge in [-0.3, -0.25) is 0 Å². The summed E-state index contributed by atoms with van der Waals surface area (Å²) < 4.78 is 10.4. The summed E-state index contributed by atoms with van der Waals surface area (Å²) >= 11 is 0. The van der Waals surface area contributed by atoms with Crippen LogP contribution in [0.5, 0.6) is 11.5 Å². The van der Waals surface area contributed by atoms with Gasteiger partial charge in [0.05, 0.1) is 14.2 Å². The first kappa shape index (κ1) is 11.6. The van der Waals surface area contributed by atoms with Crippen molar-refractivity contribution < 1.29 is 9.47 Å². The molecule has 0 radical (unpaired) electrons. The first-order valence-corrected chi connectivity index (χ1v) is 4.80. The summed E-state index contributed by atoms with van der Waals surface area (Å²) in [4.78, 5) is 0. The Morgan fingerprint density at radius 1 is 1.33 bits per heavy atom. The van der Waals surface area contributed by atoms with E-state index in [9.17, 15) is 0 Å². The molecule has 0 atom stereocenters. The monoisotopic (exact) mass is 207 g/mol. The fourth-order valence-electron chi connectivity index (χ4n) is 1.26. The Morgan fingerprint density at radius 2 is 2.07 bits per heavy atom. The maximum atomic E-state index is 5.53. The van der Waals surface area contributed by atoms with Crippen molar-refractivity contribution in [2.45, 2.75) is 6.92 Å². The van der Waals surface area contributed by atoms with E-state index < -0.39 is 0 Å². The molecule has 1 rings (SSSR count). The molecular formula is C12H17NO2. The van der Waals surface area contributed by atoms with Gasteiger partial charge < -0.3 is 15.2 Å². The van der Waals surface area contributed by atoms with Gasteiger partial charge in [-0.25, -0.2) is 0 Å². The highest BCUT2D eigenvalue weighted by molar-refractivity contribution is 5.61. The van der Waals surface area contributed by atoms with E-state index in [4.69, 9.17) is 15.2 Å². The average molecular weight is 207 g/mol. The van der Waals surface area contributed by atoms with Crippen molar-refractivity contribution in [1.82, 2.24) is 0 Å². The van der Waals surface area contributed by atoms with Gasteiger partial charge in [0.25, 0.3) is 0 Å². The first-order valence-electron chi connectivity index (χ1n) is 4.80. The van der Waals surface area contributed by atoms with Gasteiger partial charge in [0.15, 0.2) is 0 Å². The predicted octanol–water partition coefficient (Wildman–Crippen LogP) is 2.07. The van der Waals surface area contributed by atoms with Crippen LogP contribution in [0.15, 0.2) is 23.8 Å². The summed E-state index contributed by atoms with van der Waals surface area (Å²) in [6.45, 7) is 2.54. The van der Waals surface area contributed by atoms with Gasteiger partial charge in [0, 0.05) is 18.2 Å². The molecule has 0 aliphatic heterocycles. The summed E-state index contributed by atoms with van der Waals surface area (Å²) in [5.41, 5.74) is 7.66. The molecule has 3 heteroatoms. The lowest BCUT2D eigenvalue weighted by Crippen LogP contribution is -1.99. The normalized spacial score (nSPS) is 11.3. The van der Waals surface area contributed by atoms with Crippen molar-refractivity contribution in [1.29, 1.82) is 0 Å². The summed E-state index contributed by atoms with van der Waals surface area (Å²) in [5, 5.41) is 0. The van der Waals surface area contributed by atoms with Gasteiger partial charge in [-0.15, -0.1) is 0 Å².